The fourth-order valence-electron chi connectivity index (χ4n) is 1.81. The van der Waals surface area contributed by atoms with Crippen LogP contribution in [0.3, 0.4) is 0 Å². The number of benzene rings is 1. The van der Waals surface area contributed by atoms with Gasteiger partial charge in [-0.15, -0.1) is 0 Å². The van der Waals surface area contributed by atoms with Gasteiger partial charge in [0.25, 0.3) is 0 Å². The molecule has 2 N–H and O–H groups in total. The van der Waals surface area contributed by atoms with Crippen LogP contribution in [-0.2, 0) is 16.0 Å². The van der Waals surface area contributed by atoms with Crippen molar-refractivity contribution in [2.45, 2.75) is 39.2 Å². The monoisotopic (exact) mass is 331 g/mol. The van der Waals surface area contributed by atoms with Crippen LogP contribution in [0.4, 0.5) is 0 Å². The summed E-state index contributed by atoms with van der Waals surface area (Å²) < 4.78 is 0. The molecule has 0 spiro atoms. The molecule has 1 aromatic carbocycles. The molecule has 0 aliphatic rings. The minimum absolute atomic E-state index is 0.143. The fourth-order valence-corrected chi connectivity index (χ4v) is 2.13. The molecule has 0 saturated heterocycles. The summed E-state index contributed by atoms with van der Waals surface area (Å²) in [7, 11) is 0. The molecule has 21 heavy (non-hydrogen) atoms. The zero-order chi connectivity index (χ0) is 16.0. The van der Waals surface area contributed by atoms with Crippen LogP contribution in [-0.4, -0.2) is 23.0 Å². The predicted octanol–water partition coefficient (Wildman–Crippen LogP) is 3.54. The third-order valence-electron chi connectivity index (χ3n) is 3.38. The van der Waals surface area contributed by atoms with Gasteiger partial charge < -0.3 is 10.4 Å². The van der Waals surface area contributed by atoms with E-state index in [4.69, 9.17) is 28.3 Å². The molecule has 1 amide bonds. The second-order valence-electron chi connectivity index (χ2n) is 5.09. The Labute approximate surface area is 134 Å². The summed E-state index contributed by atoms with van der Waals surface area (Å²) in [6, 6.07) is 5.01. The van der Waals surface area contributed by atoms with Crippen molar-refractivity contribution >= 4 is 35.1 Å². The predicted molar refractivity (Wildman–Crippen MR) is 83.8 cm³/mol. The second-order valence-corrected chi connectivity index (χ2v) is 5.90. The number of carbonyl (C=O) groups is 2. The summed E-state index contributed by atoms with van der Waals surface area (Å²) in [6.07, 6.45) is 1.72. The molecule has 0 fully saturated rings. The Morgan fingerprint density at radius 3 is 2.48 bits per heavy atom. The maximum absolute atomic E-state index is 11.7. The Hall–Kier alpha value is -1.26. The molecule has 0 bridgehead atoms. The molecule has 0 heterocycles. The summed E-state index contributed by atoms with van der Waals surface area (Å²) in [4.78, 5) is 22.5. The number of nitrogens with one attached hydrogen (secondary N) is 1. The standard InChI is InChI=1S/C15H19Cl2NO3/c1-9(15(20)21)10(2)18-14(19)5-3-4-11-6-7-12(16)13(17)8-11/h6-10H,3-5H2,1-2H3,(H,18,19)(H,20,21). The van der Waals surface area contributed by atoms with Gasteiger partial charge in [-0.1, -0.05) is 29.3 Å². The van der Waals surface area contributed by atoms with Gasteiger partial charge in [0.1, 0.15) is 0 Å². The van der Waals surface area contributed by atoms with E-state index in [0.717, 1.165) is 5.56 Å². The molecular weight excluding hydrogens is 313 g/mol. The number of aryl methyl sites for hydroxylation is 1. The van der Waals surface area contributed by atoms with Gasteiger partial charge in [0.2, 0.25) is 5.91 Å². The number of hydrogen-bond donors (Lipinski definition) is 2. The number of carboxylic acid groups (broad SMARTS) is 1. The molecule has 0 aliphatic carbocycles. The lowest BCUT2D eigenvalue weighted by Crippen LogP contribution is -2.39. The van der Waals surface area contributed by atoms with Gasteiger partial charge in [-0.3, -0.25) is 9.59 Å². The van der Waals surface area contributed by atoms with Crippen LogP contribution in [0.25, 0.3) is 0 Å². The van der Waals surface area contributed by atoms with Crippen LogP contribution in [0, 0.1) is 5.92 Å². The van der Waals surface area contributed by atoms with Crippen LogP contribution < -0.4 is 5.32 Å². The smallest absolute Gasteiger partial charge is 0.308 e. The molecular formula is C15H19Cl2NO3. The van der Waals surface area contributed by atoms with Crippen molar-refractivity contribution in [3.63, 3.8) is 0 Å². The first-order valence-corrected chi connectivity index (χ1v) is 7.53. The molecule has 0 aliphatic heterocycles. The van der Waals surface area contributed by atoms with Crippen molar-refractivity contribution in [2.24, 2.45) is 5.92 Å². The van der Waals surface area contributed by atoms with Gasteiger partial charge in [0.05, 0.1) is 16.0 Å². The van der Waals surface area contributed by atoms with E-state index in [9.17, 15) is 9.59 Å². The lowest BCUT2D eigenvalue weighted by atomic mass is 10.0. The molecule has 1 aromatic rings. The van der Waals surface area contributed by atoms with Gasteiger partial charge in [0.15, 0.2) is 0 Å². The molecule has 2 unspecified atom stereocenters. The summed E-state index contributed by atoms with van der Waals surface area (Å²) in [5.74, 6) is -1.67. The first-order valence-electron chi connectivity index (χ1n) is 6.77. The molecule has 0 aromatic heterocycles. The van der Waals surface area contributed by atoms with Crippen molar-refractivity contribution in [1.29, 1.82) is 0 Å². The van der Waals surface area contributed by atoms with E-state index in [1.165, 1.54) is 0 Å². The van der Waals surface area contributed by atoms with Crippen molar-refractivity contribution < 1.29 is 14.7 Å². The van der Waals surface area contributed by atoms with E-state index in [0.29, 0.717) is 29.3 Å². The minimum atomic E-state index is -0.918. The summed E-state index contributed by atoms with van der Waals surface area (Å²) in [5.41, 5.74) is 1.02. The molecule has 0 saturated carbocycles. The van der Waals surface area contributed by atoms with Gasteiger partial charge in [-0.25, -0.2) is 0 Å². The average molecular weight is 332 g/mol. The first kappa shape index (κ1) is 17.8. The summed E-state index contributed by atoms with van der Waals surface area (Å²) in [6.45, 7) is 3.26. The Bertz CT molecular complexity index is 520. The number of halogens is 2. The van der Waals surface area contributed by atoms with E-state index in [-0.39, 0.29) is 11.9 Å². The van der Waals surface area contributed by atoms with Gasteiger partial charge >= 0.3 is 5.97 Å². The van der Waals surface area contributed by atoms with Crippen LogP contribution >= 0.6 is 23.2 Å². The SMILES string of the molecule is CC(NC(=O)CCCc1ccc(Cl)c(Cl)c1)C(C)C(=O)O. The van der Waals surface area contributed by atoms with Gasteiger partial charge in [0, 0.05) is 12.5 Å². The van der Waals surface area contributed by atoms with Crippen molar-refractivity contribution in [2.75, 3.05) is 0 Å². The second kappa shape index (κ2) is 8.25. The normalized spacial score (nSPS) is 13.5. The number of hydrogen-bond acceptors (Lipinski definition) is 2. The largest absolute Gasteiger partial charge is 0.481 e. The third kappa shape index (κ3) is 5.94. The number of carboxylic acids is 1. The highest BCUT2D eigenvalue weighted by Gasteiger charge is 2.20. The van der Waals surface area contributed by atoms with E-state index in [2.05, 4.69) is 5.32 Å². The molecule has 0 radical (unpaired) electrons. The molecule has 6 heteroatoms. The van der Waals surface area contributed by atoms with Crippen molar-refractivity contribution in [3.8, 4) is 0 Å². The Morgan fingerprint density at radius 1 is 1.24 bits per heavy atom. The van der Waals surface area contributed by atoms with E-state index < -0.39 is 11.9 Å². The van der Waals surface area contributed by atoms with Crippen molar-refractivity contribution in [3.05, 3.63) is 33.8 Å². The van der Waals surface area contributed by atoms with Crippen LogP contribution in [0.1, 0.15) is 32.3 Å². The van der Waals surface area contributed by atoms with Crippen LogP contribution in [0.15, 0.2) is 18.2 Å². The molecule has 1 rings (SSSR count). The third-order valence-corrected chi connectivity index (χ3v) is 4.12. The van der Waals surface area contributed by atoms with Gasteiger partial charge in [-0.2, -0.15) is 0 Å². The lowest BCUT2D eigenvalue weighted by molar-refractivity contribution is -0.142. The maximum atomic E-state index is 11.7. The first-order chi connectivity index (χ1) is 9.81. The van der Waals surface area contributed by atoms with E-state index in [1.807, 2.05) is 6.07 Å². The Balaban J connectivity index is 2.36. The Kier molecular flexibility index (Phi) is 6.99. The Morgan fingerprint density at radius 2 is 1.90 bits per heavy atom. The topological polar surface area (TPSA) is 66.4 Å². The van der Waals surface area contributed by atoms with E-state index in [1.54, 1.807) is 26.0 Å². The number of carbonyl (C=O) groups excluding carboxylic acids is 1. The highest BCUT2D eigenvalue weighted by molar-refractivity contribution is 6.42. The van der Waals surface area contributed by atoms with E-state index >= 15 is 0 Å². The fraction of sp³-hybridized carbons (Fsp3) is 0.467. The highest BCUT2D eigenvalue weighted by atomic mass is 35.5. The van der Waals surface area contributed by atoms with Gasteiger partial charge in [-0.05, 0) is 44.4 Å². The zero-order valence-electron chi connectivity index (χ0n) is 12.0. The molecule has 2 atom stereocenters. The summed E-state index contributed by atoms with van der Waals surface area (Å²) in [5, 5.41) is 12.6. The summed E-state index contributed by atoms with van der Waals surface area (Å²) >= 11 is 11.8. The van der Waals surface area contributed by atoms with Crippen LogP contribution in [0.5, 0.6) is 0 Å². The average Bonchev–Trinajstić information content (AvgIpc) is 2.41. The van der Waals surface area contributed by atoms with Crippen LogP contribution in [0.2, 0.25) is 10.0 Å². The number of rotatable bonds is 7. The highest BCUT2D eigenvalue weighted by Crippen LogP contribution is 2.23. The molecule has 4 nitrogen and oxygen atoms in total. The quantitative estimate of drug-likeness (QED) is 0.802. The zero-order valence-corrected chi connectivity index (χ0v) is 13.5. The maximum Gasteiger partial charge on any atom is 0.308 e. The minimum Gasteiger partial charge on any atom is -0.481 e. The number of aliphatic carboxylic acids is 1. The van der Waals surface area contributed by atoms with Crippen molar-refractivity contribution in [1.82, 2.24) is 5.32 Å². The molecule has 116 valence electrons. The lowest BCUT2D eigenvalue weighted by Gasteiger charge is -2.17. The number of amides is 1.